The van der Waals surface area contributed by atoms with E-state index in [4.69, 9.17) is 9.47 Å². The fourth-order valence-electron chi connectivity index (χ4n) is 4.16. The molecule has 0 saturated carbocycles. The van der Waals surface area contributed by atoms with E-state index in [2.05, 4.69) is 24.3 Å². The van der Waals surface area contributed by atoms with Crippen LogP contribution in [0.2, 0.25) is 0 Å². The van der Waals surface area contributed by atoms with Gasteiger partial charge in [-0.2, -0.15) is 0 Å². The first-order valence-corrected chi connectivity index (χ1v) is 7.40. The van der Waals surface area contributed by atoms with Crippen LogP contribution in [0.4, 0.5) is 0 Å². The monoisotopic (exact) mass is 256 g/mol. The van der Waals surface area contributed by atoms with Crippen LogP contribution in [0.1, 0.15) is 43.2 Å². The van der Waals surface area contributed by atoms with E-state index >= 15 is 0 Å². The summed E-state index contributed by atoms with van der Waals surface area (Å²) in [5, 5.41) is 0. The van der Waals surface area contributed by atoms with Crippen molar-refractivity contribution in [3.05, 3.63) is 35.4 Å². The Morgan fingerprint density at radius 2 is 2.26 bits per heavy atom. The lowest BCUT2D eigenvalue weighted by Crippen LogP contribution is -2.38. The fraction of sp³-hybridized carbons (Fsp3) is 0.529. The molecule has 0 aromatic heterocycles. The number of aryl methyl sites for hydroxylation is 1. The Morgan fingerprint density at radius 1 is 1.32 bits per heavy atom. The van der Waals surface area contributed by atoms with Crippen molar-refractivity contribution < 1.29 is 9.47 Å². The van der Waals surface area contributed by atoms with Gasteiger partial charge in [-0.15, -0.1) is 0 Å². The molecule has 0 saturated heterocycles. The van der Waals surface area contributed by atoms with E-state index in [0.717, 1.165) is 24.3 Å². The lowest BCUT2D eigenvalue weighted by molar-refractivity contribution is 0.145. The van der Waals surface area contributed by atoms with Crippen LogP contribution in [-0.2, 0) is 11.8 Å². The second-order valence-electron chi connectivity index (χ2n) is 5.96. The largest absolute Gasteiger partial charge is 0.493 e. The SMILES string of the molecule is COc1ccc2c3c1O[C@H]1CCC=C[C@@]31CCCC2. The van der Waals surface area contributed by atoms with Gasteiger partial charge < -0.3 is 9.47 Å². The Hall–Kier alpha value is -1.44. The van der Waals surface area contributed by atoms with Gasteiger partial charge >= 0.3 is 0 Å². The van der Waals surface area contributed by atoms with E-state index in [9.17, 15) is 0 Å². The molecule has 3 aliphatic rings. The summed E-state index contributed by atoms with van der Waals surface area (Å²) in [5.41, 5.74) is 3.04. The normalized spacial score (nSPS) is 31.1. The molecule has 1 aliphatic heterocycles. The van der Waals surface area contributed by atoms with Crippen LogP contribution in [0.5, 0.6) is 11.5 Å². The summed E-state index contributed by atoms with van der Waals surface area (Å²) in [7, 11) is 1.74. The van der Waals surface area contributed by atoms with Gasteiger partial charge in [0.1, 0.15) is 6.10 Å². The van der Waals surface area contributed by atoms with Crippen molar-refractivity contribution >= 4 is 0 Å². The fourth-order valence-corrected chi connectivity index (χ4v) is 4.16. The van der Waals surface area contributed by atoms with E-state index in [1.54, 1.807) is 7.11 Å². The lowest BCUT2D eigenvalue weighted by Gasteiger charge is -2.34. The number of ether oxygens (including phenoxy) is 2. The number of benzene rings is 1. The van der Waals surface area contributed by atoms with Gasteiger partial charge in [0.2, 0.25) is 0 Å². The number of rotatable bonds is 1. The Bertz CT molecular complexity index is 546. The van der Waals surface area contributed by atoms with Crippen molar-refractivity contribution in [3.63, 3.8) is 0 Å². The summed E-state index contributed by atoms with van der Waals surface area (Å²) in [6, 6.07) is 4.33. The zero-order chi connectivity index (χ0) is 12.9. The summed E-state index contributed by atoms with van der Waals surface area (Å²) < 4.78 is 11.9. The summed E-state index contributed by atoms with van der Waals surface area (Å²) in [6.07, 6.45) is 12.4. The third-order valence-electron chi connectivity index (χ3n) is 5.03. The van der Waals surface area contributed by atoms with Crippen LogP contribution in [0.25, 0.3) is 0 Å². The van der Waals surface area contributed by atoms with Gasteiger partial charge in [0.25, 0.3) is 0 Å². The van der Waals surface area contributed by atoms with E-state index in [0.29, 0.717) is 6.10 Å². The number of hydrogen-bond acceptors (Lipinski definition) is 2. The highest BCUT2D eigenvalue weighted by Gasteiger charge is 2.50. The van der Waals surface area contributed by atoms with Crippen LogP contribution < -0.4 is 9.47 Å². The minimum atomic E-state index is 0.133. The Kier molecular flexibility index (Phi) is 2.41. The zero-order valence-electron chi connectivity index (χ0n) is 11.4. The minimum absolute atomic E-state index is 0.133. The first-order valence-electron chi connectivity index (χ1n) is 7.40. The van der Waals surface area contributed by atoms with Gasteiger partial charge in [0.15, 0.2) is 11.5 Å². The van der Waals surface area contributed by atoms with Gasteiger partial charge in [0.05, 0.1) is 12.5 Å². The van der Waals surface area contributed by atoms with Crippen molar-refractivity contribution in [1.29, 1.82) is 0 Å². The predicted molar refractivity (Wildman–Crippen MR) is 75.0 cm³/mol. The molecule has 0 amide bonds. The molecule has 1 heterocycles. The highest BCUT2D eigenvalue weighted by atomic mass is 16.5. The number of allylic oxidation sites excluding steroid dienone is 1. The molecule has 1 spiro atoms. The maximum atomic E-state index is 6.33. The summed E-state index contributed by atoms with van der Waals surface area (Å²) in [4.78, 5) is 0. The van der Waals surface area contributed by atoms with E-state index in [1.165, 1.54) is 36.8 Å². The van der Waals surface area contributed by atoms with Crippen molar-refractivity contribution in [1.82, 2.24) is 0 Å². The molecule has 2 aliphatic carbocycles. The standard InChI is InChI=1S/C17H20O2/c1-18-13-9-8-12-6-2-4-10-17-11-5-3-7-14(17)19-16(13)15(12)17/h5,8-9,11,14H,2-4,6-7,10H2,1H3/t14-,17+/m0/s1. The molecule has 2 atom stereocenters. The smallest absolute Gasteiger partial charge is 0.166 e. The molecule has 1 aromatic rings. The summed E-state index contributed by atoms with van der Waals surface area (Å²) in [6.45, 7) is 0. The van der Waals surface area contributed by atoms with Crippen LogP contribution in [0.15, 0.2) is 24.3 Å². The molecular weight excluding hydrogens is 236 g/mol. The van der Waals surface area contributed by atoms with E-state index in [1.807, 2.05) is 0 Å². The molecule has 2 nitrogen and oxygen atoms in total. The molecule has 0 N–H and O–H groups in total. The minimum Gasteiger partial charge on any atom is -0.493 e. The second-order valence-corrected chi connectivity index (χ2v) is 5.96. The lowest BCUT2D eigenvalue weighted by atomic mass is 9.69. The van der Waals surface area contributed by atoms with Crippen LogP contribution in [-0.4, -0.2) is 13.2 Å². The highest BCUT2D eigenvalue weighted by molar-refractivity contribution is 5.60. The molecule has 2 heteroatoms. The summed E-state index contributed by atoms with van der Waals surface area (Å²) in [5.74, 6) is 1.93. The maximum absolute atomic E-state index is 6.33. The van der Waals surface area contributed by atoms with E-state index in [-0.39, 0.29) is 5.41 Å². The van der Waals surface area contributed by atoms with Gasteiger partial charge in [-0.3, -0.25) is 0 Å². The molecule has 0 unspecified atom stereocenters. The second kappa shape index (κ2) is 4.03. The predicted octanol–water partition coefficient (Wildman–Crippen LogP) is 3.77. The van der Waals surface area contributed by atoms with Crippen LogP contribution >= 0.6 is 0 Å². The van der Waals surface area contributed by atoms with Crippen molar-refractivity contribution in [2.45, 2.75) is 50.0 Å². The van der Waals surface area contributed by atoms with Crippen LogP contribution in [0.3, 0.4) is 0 Å². The van der Waals surface area contributed by atoms with Gasteiger partial charge in [-0.1, -0.05) is 24.6 Å². The molecule has 100 valence electrons. The van der Waals surface area contributed by atoms with Gasteiger partial charge in [-0.25, -0.2) is 0 Å². The molecule has 0 fully saturated rings. The third-order valence-corrected chi connectivity index (χ3v) is 5.03. The third kappa shape index (κ3) is 1.43. The molecule has 0 radical (unpaired) electrons. The molecule has 4 rings (SSSR count). The Balaban J connectivity index is 1.99. The topological polar surface area (TPSA) is 18.5 Å². The summed E-state index contributed by atoms with van der Waals surface area (Å²) >= 11 is 0. The van der Waals surface area contributed by atoms with Gasteiger partial charge in [-0.05, 0) is 43.7 Å². The van der Waals surface area contributed by atoms with Crippen molar-refractivity contribution in [3.8, 4) is 11.5 Å². The molecule has 19 heavy (non-hydrogen) atoms. The van der Waals surface area contributed by atoms with Crippen molar-refractivity contribution in [2.24, 2.45) is 0 Å². The highest BCUT2D eigenvalue weighted by Crippen LogP contribution is 2.56. The first kappa shape index (κ1) is 11.4. The van der Waals surface area contributed by atoms with Gasteiger partial charge in [0, 0.05) is 5.56 Å². The first-order chi connectivity index (χ1) is 9.35. The average molecular weight is 256 g/mol. The average Bonchev–Trinajstić information content (AvgIpc) is 2.68. The Labute approximate surface area is 114 Å². The van der Waals surface area contributed by atoms with Crippen molar-refractivity contribution in [2.75, 3.05) is 7.11 Å². The number of hydrogen-bond donors (Lipinski definition) is 0. The maximum Gasteiger partial charge on any atom is 0.166 e. The molecule has 0 bridgehead atoms. The van der Waals surface area contributed by atoms with Crippen LogP contribution in [0, 0.1) is 0 Å². The molecular formula is C17H20O2. The van der Waals surface area contributed by atoms with E-state index < -0.39 is 0 Å². The zero-order valence-corrected chi connectivity index (χ0v) is 11.4. The number of methoxy groups -OCH3 is 1. The molecule has 1 aromatic carbocycles. The quantitative estimate of drug-likeness (QED) is 0.712. The Morgan fingerprint density at radius 3 is 3.16 bits per heavy atom.